The fourth-order valence-corrected chi connectivity index (χ4v) is 7.86. The Morgan fingerprint density at radius 2 is 1.68 bits per heavy atom. The fraction of sp³-hybridized carbons (Fsp3) is 0.415. The number of primary amides is 2. The Bertz CT molecular complexity index is 2480. The predicted molar refractivity (Wildman–Crippen MR) is 219 cm³/mol. The van der Waals surface area contributed by atoms with Crippen LogP contribution in [0.1, 0.15) is 86.3 Å². The molecule has 1 aromatic carbocycles. The van der Waals surface area contributed by atoms with Gasteiger partial charge in [-0.1, -0.05) is 6.07 Å². The minimum atomic E-state index is -4.76. The number of hydrogen-bond donors (Lipinski definition) is 5. The van der Waals surface area contributed by atoms with E-state index in [2.05, 4.69) is 31.0 Å². The van der Waals surface area contributed by atoms with E-state index in [1.54, 1.807) is 12.1 Å². The molecule has 1 aliphatic carbocycles. The van der Waals surface area contributed by atoms with Gasteiger partial charge in [0.15, 0.2) is 11.4 Å². The average Bonchev–Trinajstić information content (AvgIpc) is 4.01. The molecule has 1 atom stereocenters. The maximum atomic E-state index is 14.0. The molecule has 1 unspecified atom stereocenters. The van der Waals surface area contributed by atoms with Crippen molar-refractivity contribution >= 4 is 58.5 Å². The molecule has 0 spiro atoms. The molecule has 1 saturated heterocycles. The number of carbonyl (C=O) groups is 7. The lowest BCUT2D eigenvalue weighted by Crippen LogP contribution is -2.54. The van der Waals surface area contributed by atoms with E-state index in [-0.39, 0.29) is 103 Å². The molecule has 3 aliphatic rings. The number of alkyl halides is 3. The van der Waals surface area contributed by atoms with Gasteiger partial charge in [0, 0.05) is 49.1 Å². The number of carbonyl (C=O) groups excluding carboxylic acids is 7. The van der Waals surface area contributed by atoms with Crippen molar-refractivity contribution in [1.82, 2.24) is 35.3 Å². The Kier molecular flexibility index (Phi) is 13.9. The number of pyridine rings is 1. The summed E-state index contributed by atoms with van der Waals surface area (Å²) in [5, 5.41) is 12.4. The first-order valence-corrected chi connectivity index (χ1v) is 20.6. The second kappa shape index (κ2) is 19.7. The number of hydrogen-bond acceptors (Lipinski definition) is 15. The van der Waals surface area contributed by atoms with Gasteiger partial charge in [0.1, 0.15) is 24.7 Å². The van der Waals surface area contributed by atoms with Gasteiger partial charge in [-0.2, -0.15) is 18.3 Å². The van der Waals surface area contributed by atoms with Crippen molar-refractivity contribution in [3.8, 4) is 11.5 Å². The molecule has 7 amide bonds. The van der Waals surface area contributed by atoms with Gasteiger partial charge < -0.3 is 40.9 Å². The Hall–Kier alpha value is -7.21. The second-order valence-electron chi connectivity index (χ2n) is 15.3. The van der Waals surface area contributed by atoms with Crippen molar-refractivity contribution in [2.75, 3.05) is 56.3 Å². The van der Waals surface area contributed by atoms with Gasteiger partial charge in [0.25, 0.3) is 23.6 Å². The van der Waals surface area contributed by atoms with E-state index in [0.717, 1.165) is 16.1 Å². The number of halogens is 3. The maximum Gasteiger partial charge on any atom is 0.406 e. The van der Waals surface area contributed by atoms with Crippen LogP contribution in [0.5, 0.6) is 0 Å². The summed E-state index contributed by atoms with van der Waals surface area (Å²) >= 11 is 0. The van der Waals surface area contributed by atoms with Gasteiger partial charge in [0.2, 0.25) is 23.6 Å². The zero-order chi connectivity index (χ0) is 46.4. The fourth-order valence-electron chi connectivity index (χ4n) is 7.86. The van der Waals surface area contributed by atoms with Crippen molar-refractivity contribution < 1.29 is 60.6 Å². The van der Waals surface area contributed by atoms with Crippen molar-refractivity contribution in [2.24, 2.45) is 17.4 Å². The highest BCUT2D eigenvalue weighted by molar-refractivity contribution is 6.25. The monoisotopic (exact) mass is 907 g/mol. The normalized spacial score (nSPS) is 18.6. The van der Waals surface area contributed by atoms with E-state index in [0.29, 0.717) is 37.9 Å². The lowest BCUT2D eigenvalue weighted by Gasteiger charge is -2.28. The first kappa shape index (κ1) is 45.8. The van der Waals surface area contributed by atoms with Gasteiger partial charge in [-0.15, -0.1) is 0 Å². The predicted octanol–water partition coefficient (Wildman–Crippen LogP) is 2.23. The van der Waals surface area contributed by atoms with Crippen molar-refractivity contribution in [1.29, 1.82) is 0 Å². The Morgan fingerprint density at radius 1 is 0.938 bits per heavy atom. The number of nitrogens with one attached hydrogen (secondary N) is 3. The summed E-state index contributed by atoms with van der Waals surface area (Å²) < 4.78 is 59.9. The zero-order valence-electron chi connectivity index (χ0n) is 34.6. The third kappa shape index (κ3) is 10.6. The number of anilines is 3. The highest BCUT2D eigenvalue weighted by Crippen LogP contribution is 2.37. The number of ether oxygens (including phenoxy) is 2. The Labute approximate surface area is 367 Å². The quantitative estimate of drug-likeness (QED) is 0.0666. The van der Waals surface area contributed by atoms with E-state index in [1.807, 2.05) is 0 Å². The summed E-state index contributed by atoms with van der Waals surface area (Å²) in [7, 11) is 0. The molecule has 7 rings (SSSR count). The molecule has 0 radical (unpaired) electrons. The van der Waals surface area contributed by atoms with E-state index < -0.39 is 59.9 Å². The summed E-state index contributed by atoms with van der Waals surface area (Å²) in [6.45, 7) is -0.121. The molecule has 1 saturated carbocycles. The van der Waals surface area contributed by atoms with Gasteiger partial charge in [-0.3, -0.25) is 48.5 Å². The maximum absolute atomic E-state index is 14.0. The number of amides is 7. The van der Waals surface area contributed by atoms with E-state index in [9.17, 15) is 46.7 Å². The van der Waals surface area contributed by atoms with Crippen LogP contribution in [0.2, 0.25) is 0 Å². The summed E-state index contributed by atoms with van der Waals surface area (Å²) in [6, 6.07) is 5.99. The topological polar surface area (TPSA) is 289 Å². The number of nitrogens with zero attached hydrogens (tertiary/aromatic N) is 6. The average molecular weight is 908 g/mol. The summed E-state index contributed by atoms with van der Waals surface area (Å²) in [6.07, 6.45) is 0.583. The molecule has 3 aromatic heterocycles. The first-order chi connectivity index (χ1) is 31.1. The first-order valence-electron chi connectivity index (χ1n) is 20.6. The van der Waals surface area contributed by atoms with Crippen LogP contribution in [-0.2, 0) is 23.9 Å². The van der Waals surface area contributed by atoms with Crippen LogP contribution in [0, 0.1) is 5.92 Å². The van der Waals surface area contributed by atoms with E-state index in [4.69, 9.17) is 25.4 Å². The van der Waals surface area contributed by atoms with Crippen LogP contribution < -0.4 is 32.3 Å². The minimum absolute atomic E-state index is 0.0194. The van der Waals surface area contributed by atoms with E-state index in [1.165, 1.54) is 35.3 Å². The van der Waals surface area contributed by atoms with Crippen LogP contribution in [0.3, 0.4) is 0 Å². The number of nitrogens with two attached hydrogens (primary N) is 2. The van der Waals surface area contributed by atoms with E-state index >= 15 is 0 Å². The molecule has 2 fully saturated rings. The number of oxazole rings is 1. The molecular formula is C41H44F3N11O10. The minimum Gasteiger partial charge on any atom is -0.444 e. The van der Waals surface area contributed by atoms with Gasteiger partial charge in [-0.05, 0) is 56.4 Å². The third-order valence-electron chi connectivity index (χ3n) is 11.0. The van der Waals surface area contributed by atoms with Crippen LogP contribution in [-0.4, -0.2) is 124 Å². The van der Waals surface area contributed by atoms with Crippen LogP contribution >= 0.6 is 0 Å². The molecule has 344 valence electrons. The smallest absolute Gasteiger partial charge is 0.406 e. The molecule has 0 bridgehead atoms. The molecule has 24 heteroatoms. The second-order valence-corrected chi connectivity index (χ2v) is 15.3. The number of piperidine rings is 1. The molecule has 4 aromatic rings. The van der Waals surface area contributed by atoms with Crippen molar-refractivity contribution in [3.05, 3.63) is 71.5 Å². The van der Waals surface area contributed by atoms with Crippen molar-refractivity contribution in [3.63, 3.8) is 0 Å². The lowest BCUT2D eigenvalue weighted by atomic mass is 9.85. The van der Waals surface area contributed by atoms with Crippen LogP contribution in [0.15, 0.2) is 53.4 Å². The van der Waals surface area contributed by atoms with Gasteiger partial charge in [-0.25, -0.2) is 9.97 Å². The van der Waals surface area contributed by atoms with Crippen LogP contribution in [0.25, 0.3) is 11.5 Å². The molecule has 7 N–H and O–H groups in total. The molecular weight excluding hydrogens is 864 g/mol. The highest BCUT2D eigenvalue weighted by Gasteiger charge is 2.45. The number of rotatable bonds is 19. The summed E-state index contributed by atoms with van der Waals surface area (Å²) in [5.74, 6) is -5.15. The lowest BCUT2D eigenvalue weighted by molar-refractivity contribution is -0.136. The number of benzene rings is 1. The summed E-state index contributed by atoms with van der Waals surface area (Å²) in [4.78, 5) is 97.0. The number of aromatic nitrogens is 4. The number of imide groups is 2. The largest absolute Gasteiger partial charge is 0.444 e. The Balaban J connectivity index is 0.835. The SMILES string of the molecule is NC(=O)c1coc(-c2ccnc(N(CC(F)(F)F)c3cn(C4CCC(C(=O)NCCOCCOCCNc5cccc6c5C(=O)N(C5CCC(=O)NC5=O)C6=O)CC4)nc3C(N)=O)c2)n1. The van der Waals surface area contributed by atoms with Gasteiger partial charge in [0.05, 0.1) is 49.3 Å². The third-order valence-corrected chi connectivity index (χ3v) is 11.0. The molecule has 21 nitrogen and oxygen atoms in total. The standard InChI is InChI=1S/C41H44F3N11O10/c42-41(43,44)21-53(30-18-23(10-11-48-30)38-50-27(20-65-38)34(45)57)29-19-54(52-33(29)35(46)58)24-6-4-22(5-7-24)36(59)49-13-15-64-17-16-63-14-12-47-26-3-1-2-25-32(26)40(62)55(39(25)61)28-8-9-31(56)51-37(28)60/h1-3,10-11,18-20,22,24,28,47H,4-9,12-17,21H2,(H2,45,57)(H2,46,58)(H,49,59)(H,51,56,60). The molecule has 5 heterocycles. The van der Waals surface area contributed by atoms with Crippen LogP contribution in [0.4, 0.5) is 30.4 Å². The zero-order valence-corrected chi connectivity index (χ0v) is 34.6. The Morgan fingerprint density at radius 3 is 2.35 bits per heavy atom. The summed E-state index contributed by atoms with van der Waals surface area (Å²) in [5.41, 5.74) is 10.9. The molecule has 2 aliphatic heterocycles. The highest BCUT2D eigenvalue weighted by atomic mass is 19.4. The number of fused-ring (bicyclic) bond motifs is 1. The molecule has 65 heavy (non-hydrogen) atoms. The van der Waals surface area contributed by atoms with Crippen molar-refractivity contribution in [2.45, 2.75) is 56.8 Å². The van der Waals surface area contributed by atoms with Gasteiger partial charge >= 0.3 is 6.18 Å².